The van der Waals surface area contributed by atoms with Gasteiger partial charge >= 0.3 is 0 Å². The van der Waals surface area contributed by atoms with Crippen molar-refractivity contribution in [1.29, 1.82) is 0 Å². The fourth-order valence-corrected chi connectivity index (χ4v) is 3.10. The lowest BCUT2D eigenvalue weighted by Gasteiger charge is -2.38. The number of nitrogens with one attached hydrogen (secondary N) is 1. The number of nitrogens with zero attached hydrogens (tertiary/aromatic N) is 1. The summed E-state index contributed by atoms with van der Waals surface area (Å²) in [5, 5.41) is 3.51. The van der Waals surface area contributed by atoms with Gasteiger partial charge in [-0.25, -0.2) is 4.39 Å². The maximum absolute atomic E-state index is 13.6. The van der Waals surface area contributed by atoms with Crippen LogP contribution < -0.4 is 5.32 Å². The monoisotopic (exact) mass is 300 g/mol. The highest BCUT2D eigenvalue weighted by atomic mass is 19.1. The van der Waals surface area contributed by atoms with Crippen molar-refractivity contribution in [2.45, 2.75) is 24.8 Å². The molecule has 1 aromatic carbocycles. The average Bonchev–Trinajstić information content (AvgIpc) is 2.57. The number of benzene rings is 1. The van der Waals surface area contributed by atoms with Crippen LogP contribution in [-0.2, 0) is 16.7 Å². The maximum atomic E-state index is 13.6. The Bertz CT molecular complexity index is 597. The Morgan fingerprint density at radius 3 is 2.77 bits per heavy atom. The third-order valence-corrected chi connectivity index (χ3v) is 4.40. The van der Waals surface area contributed by atoms with Crippen LogP contribution in [0.25, 0.3) is 0 Å². The van der Waals surface area contributed by atoms with Crippen molar-refractivity contribution in [2.75, 3.05) is 19.8 Å². The van der Waals surface area contributed by atoms with Gasteiger partial charge in [0.1, 0.15) is 5.82 Å². The smallest absolute Gasteiger partial charge is 0.123 e. The molecule has 0 saturated carbocycles. The second-order valence-electron chi connectivity index (χ2n) is 5.87. The van der Waals surface area contributed by atoms with E-state index < -0.39 is 0 Å². The lowest BCUT2D eigenvalue weighted by molar-refractivity contribution is 0.0497. The molecule has 1 aliphatic rings. The number of ether oxygens (including phenoxy) is 1. The van der Waals surface area contributed by atoms with Gasteiger partial charge in [-0.2, -0.15) is 0 Å². The number of pyridine rings is 1. The van der Waals surface area contributed by atoms with Crippen molar-refractivity contribution < 1.29 is 9.13 Å². The van der Waals surface area contributed by atoms with E-state index in [-0.39, 0.29) is 11.2 Å². The molecule has 0 radical (unpaired) electrons. The van der Waals surface area contributed by atoms with Gasteiger partial charge in [-0.1, -0.05) is 18.2 Å². The summed E-state index contributed by atoms with van der Waals surface area (Å²) in [5.74, 6) is -0.171. The summed E-state index contributed by atoms with van der Waals surface area (Å²) in [6, 6.07) is 11.0. The van der Waals surface area contributed by atoms with Gasteiger partial charge in [0.2, 0.25) is 0 Å². The second-order valence-corrected chi connectivity index (χ2v) is 5.87. The molecule has 2 aromatic rings. The van der Waals surface area contributed by atoms with Crippen molar-refractivity contribution in [3.8, 4) is 0 Å². The van der Waals surface area contributed by atoms with Crippen LogP contribution in [0.3, 0.4) is 0 Å². The van der Waals surface area contributed by atoms with Crippen LogP contribution in [0.1, 0.15) is 24.0 Å². The second kappa shape index (κ2) is 6.99. The first-order valence-corrected chi connectivity index (χ1v) is 7.72. The minimum atomic E-state index is -0.171. The fourth-order valence-electron chi connectivity index (χ4n) is 3.10. The summed E-state index contributed by atoms with van der Waals surface area (Å²) in [4.78, 5) is 4.13. The zero-order valence-corrected chi connectivity index (χ0v) is 12.6. The first kappa shape index (κ1) is 15.1. The number of aromatic nitrogens is 1. The molecule has 2 heterocycles. The number of hydrogen-bond donors (Lipinski definition) is 1. The van der Waals surface area contributed by atoms with Gasteiger partial charge in [-0.15, -0.1) is 0 Å². The number of rotatable bonds is 5. The lowest BCUT2D eigenvalue weighted by atomic mass is 9.74. The number of halogens is 1. The van der Waals surface area contributed by atoms with Gasteiger partial charge in [0, 0.05) is 44.1 Å². The molecule has 22 heavy (non-hydrogen) atoms. The van der Waals surface area contributed by atoms with Crippen molar-refractivity contribution in [3.05, 3.63) is 65.7 Å². The van der Waals surface area contributed by atoms with E-state index in [9.17, 15) is 4.39 Å². The van der Waals surface area contributed by atoms with Crippen molar-refractivity contribution in [2.24, 2.45) is 0 Å². The van der Waals surface area contributed by atoms with E-state index in [4.69, 9.17) is 4.74 Å². The minimum Gasteiger partial charge on any atom is -0.381 e. The third kappa shape index (κ3) is 3.51. The summed E-state index contributed by atoms with van der Waals surface area (Å²) in [6.07, 6.45) is 5.47. The molecule has 1 aromatic heterocycles. The molecule has 4 heteroatoms. The summed E-state index contributed by atoms with van der Waals surface area (Å²) in [6.45, 7) is 3.04. The zero-order chi connectivity index (χ0) is 15.3. The average molecular weight is 300 g/mol. The molecular weight excluding hydrogens is 279 g/mol. The molecule has 1 saturated heterocycles. The van der Waals surface area contributed by atoms with Gasteiger partial charge in [0.25, 0.3) is 0 Å². The van der Waals surface area contributed by atoms with Gasteiger partial charge in [0.05, 0.1) is 0 Å². The quantitative estimate of drug-likeness (QED) is 0.921. The topological polar surface area (TPSA) is 34.2 Å². The van der Waals surface area contributed by atoms with Crippen molar-refractivity contribution in [3.63, 3.8) is 0 Å². The fraction of sp³-hybridized carbons (Fsp3) is 0.389. The van der Waals surface area contributed by atoms with E-state index in [2.05, 4.69) is 16.4 Å². The van der Waals surface area contributed by atoms with Crippen LogP contribution in [0.5, 0.6) is 0 Å². The van der Waals surface area contributed by atoms with Gasteiger partial charge < -0.3 is 10.1 Å². The molecule has 0 spiro atoms. The van der Waals surface area contributed by atoms with Crippen molar-refractivity contribution in [1.82, 2.24) is 10.3 Å². The first-order chi connectivity index (χ1) is 10.8. The normalized spacial score (nSPS) is 17.3. The Morgan fingerprint density at radius 1 is 1.18 bits per heavy atom. The molecule has 1 aliphatic heterocycles. The molecule has 0 amide bonds. The van der Waals surface area contributed by atoms with Crippen molar-refractivity contribution >= 4 is 0 Å². The molecule has 0 atom stereocenters. The summed E-state index contributed by atoms with van der Waals surface area (Å²) < 4.78 is 19.1. The van der Waals surface area contributed by atoms with E-state index in [1.165, 1.54) is 6.07 Å². The van der Waals surface area contributed by atoms with Crippen LogP contribution >= 0.6 is 0 Å². The Morgan fingerprint density at radius 2 is 2.05 bits per heavy atom. The molecule has 0 aliphatic carbocycles. The van der Waals surface area contributed by atoms with Gasteiger partial charge in [0.15, 0.2) is 0 Å². The molecule has 1 fully saturated rings. The maximum Gasteiger partial charge on any atom is 0.123 e. The largest absolute Gasteiger partial charge is 0.381 e. The molecule has 3 rings (SSSR count). The predicted octanol–water partition coefficient (Wildman–Crippen LogP) is 3.06. The predicted molar refractivity (Wildman–Crippen MR) is 84.1 cm³/mol. The lowest BCUT2D eigenvalue weighted by Crippen LogP contribution is -2.42. The van der Waals surface area contributed by atoms with E-state index >= 15 is 0 Å². The molecule has 116 valence electrons. The summed E-state index contributed by atoms with van der Waals surface area (Å²) in [5.41, 5.74) is 2.17. The van der Waals surface area contributed by atoms with Crippen LogP contribution in [-0.4, -0.2) is 24.7 Å². The standard InChI is InChI=1S/C18H21FN2O/c19-17-5-1-4-16(11-17)18(6-9-22-10-7-18)14-21-13-15-3-2-8-20-12-15/h1-5,8,11-12,21H,6-7,9-10,13-14H2. The first-order valence-electron chi connectivity index (χ1n) is 7.72. The number of hydrogen-bond acceptors (Lipinski definition) is 3. The Labute approximate surface area is 130 Å². The van der Waals surface area contributed by atoms with E-state index in [0.29, 0.717) is 0 Å². The molecule has 0 unspecified atom stereocenters. The highest BCUT2D eigenvalue weighted by molar-refractivity contribution is 5.27. The van der Waals surface area contributed by atoms with Crippen LogP contribution in [0, 0.1) is 5.82 Å². The van der Waals surface area contributed by atoms with Crippen LogP contribution in [0.2, 0.25) is 0 Å². The van der Waals surface area contributed by atoms with E-state index in [1.807, 2.05) is 18.3 Å². The summed E-state index contributed by atoms with van der Waals surface area (Å²) in [7, 11) is 0. The Balaban J connectivity index is 1.72. The zero-order valence-electron chi connectivity index (χ0n) is 12.6. The molecule has 3 nitrogen and oxygen atoms in total. The van der Waals surface area contributed by atoms with Crippen LogP contribution in [0.4, 0.5) is 4.39 Å². The summed E-state index contributed by atoms with van der Waals surface area (Å²) >= 11 is 0. The van der Waals surface area contributed by atoms with Crippen LogP contribution in [0.15, 0.2) is 48.8 Å². The SMILES string of the molecule is Fc1cccc(C2(CNCc3cccnc3)CCOCC2)c1. The molecular formula is C18H21FN2O. The van der Waals surface area contributed by atoms with Gasteiger partial charge in [-0.05, 0) is 42.2 Å². The molecule has 0 bridgehead atoms. The Kier molecular flexibility index (Phi) is 4.80. The minimum absolute atomic E-state index is 0.0530. The van der Waals surface area contributed by atoms with E-state index in [1.54, 1.807) is 18.3 Å². The Hall–Kier alpha value is -1.78. The highest BCUT2D eigenvalue weighted by Gasteiger charge is 2.34. The van der Waals surface area contributed by atoms with Gasteiger partial charge in [-0.3, -0.25) is 4.98 Å². The highest BCUT2D eigenvalue weighted by Crippen LogP contribution is 2.34. The third-order valence-electron chi connectivity index (χ3n) is 4.40. The molecule has 1 N–H and O–H groups in total. The van der Waals surface area contributed by atoms with E-state index in [0.717, 1.165) is 50.3 Å².